The van der Waals surface area contributed by atoms with E-state index in [4.69, 9.17) is 0 Å². The molecule has 0 amide bonds. The van der Waals surface area contributed by atoms with Crippen LogP contribution in [-0.2, 0) is 6.42 Å². The van der Waals surface area contributed by atoms with Gasteiger partial charge in [0.2, 0.25) is 0 Å². The van der Waals surface area contributed by atoms with Crippen LogP contribution in [0.3, 0.4) is 0 Å². The van der Waals surface area contributed by atoms with Gasteiger partial charge in [0.1, 0.15) is 18.0 Å². The highest BCUT2D eigenvalue weighted by molar-refractivity contribution is 9.10. The number of hydrogen-bond acceptors (Lipinski definition) is 3. The van der Waals surface area contributed by atoms with E-state index in [1.54, 1.807) is 18.5 Å². The van der Waals surface area contributed by atoms with Gasteiger partial charge in [0.05, 0.1) is 5.52 Å². The molecule has 0 atom stereocenters. The summed E-state index contributed by atoms with van der Waals surface area (Å²) in [5.41, 5.74) is 1.85. The van der Waals surface area contributed by atoms with Crippen molar-refractivity contribution < 1.29 is 4.39 Å². The largest absolute Gasteiger partial charge is 0.369 e. The molecule has 0 aliphatic rings. The van der Waals surface area contributed by atoms with Crippen molar-refractivity contribution in [2.24, 2.45) is 0 Å². The van der Waals surface area contributed by atoms with Gasteiger partial charge in [-0.15, -0.1) is 0 Å². The Hall–Kier alpha value is -2.01. The minimum absolute atomic E-state index is 0.205. The third-order valence-electron chi connectivity index (χ3n) is 3.19. The Bertz CT molecular complexity index is 776. The summed E-state index contributed by atoms with van der Waals surface area (Å²) in [6.07, 6.45) is 2.28. The number of nitrogens with zero attached hydrogens (tertiary/aromatic N) is 2. The minimum atomic E-state index is -0.205. The number of rotatable bonds is 4. The Morgan fingerprint density at radius 2 is 2.00 bits per heavy atom. The van der Waals surface area contributed by atoms with Gasteiger partial charge in [-0.25, -0.2) is 14.4 Å². The van der Waals surface area contributed by atoms with Crippen LogP contribution < -0.4 is 5.32 Å². The molecule has 0 aliphatic carbocycles. The molecule has 3 nitrogen and oxygen atoms in total. The van der Waals surface area contributed by atoms with Crippen LogP contribution in [0.15, 0.2) is 53.3 Å². The molecule has 3 aromatic rings. The first-order chi connectivity index (χ1) is 10.2. The lowest BCUT2D eigenvalue weighted by atomic mass is 10.1. The third kappa shape index (κ3) is 3.36. The van der Waals surface area contributed by atoms with Crippen LogP contribution in [0.5, 0.6) is 0 Å². The topological polar surface area (TPSA) is 37.8 Å². The molecular formula is C16H13BrFN3. The molecule has 0 aliphatic heterocycles. The van der Waals surface area contributed by atoms with E-state index in [-0.39, 0.29) is 5.82 Å². The van der Waals surface area contributed by atoms with Crippen molar-refractivity contribution in [2.75, 3.05) is 11.9 Å². The second kappa shape index (κ2) is 6.18. The van der Waals surface area contributed by atoms with E-state index in [2.05, 4.69) is 31.2 Å². The summed E-state index contributed by atoms with van der Waals surface area (Å²) in [5, 5.41) is 4.25. The average Bonchev–Trinajstić information content (AvgIpc) is 2.48. The molecule has 0 unspecified atom stereocenters. The number of hydrogen-bond donors (Lipinski definition) is 1. The highest BCUT2D eigenvalue weighted by Gasteiger charge is 2.04. The number of nitrogens with one attached hydrogen (secondary N) is 1. The van der Waals surface area contributed by atoms with Gasteiger partial charge in [-0.05, 0) is 42.3 Å². The molecule has 0 saturated carbocycles. The number of aromatic nitrogens is 2. The predicted octanol–water partition coefficient (Wildman–Crippen LogP) is 4.19. The molecule has 0 radical (unpaired) electrons. The molecule has 2 aromatic carbocycles. The summed E-state index contributed by atoms with van der Waals surface area (Å²) in [5.74, 6) is 0.585. The van der Waals surface area contributed by atoms with Crippen molar-refractivity contribution in [3.05, 3.63) is 64.6 Å². The second-order valence-electron chi connectivity index (χ2n) is 4.69. The van der Waals surface area contributed by atoms with Gasteiger partial charge in [-0.2, -0.15) is 0 Å². The standard InChI is InChI=1S/C16H13BrFN3/c17-12-4-5-15-14(9-12)16(21-10-20-15)19-7-6-11-2-1-3-13(18)8-11/h1-5,8-10H,6-7H2,(H,19,20,21). The SMILES string of the molecule is Fc1cccc(CCNc2ncnc3ccc(Br)cc23)c1. The maximum absolute atomic E-state index is 13.1. The monoisotopic (exact) mass is 345 g/mol. The number of anilines is 1. The Kier molecular flexibility index (Phi) is 4.10. The molecule has 1 N–H and O–H groups in total. The van der Waals surface area contributed by atoms with Gasteiger partial charge in [-0.3, -0.25) is 0 Å². The molecule has 3 rings (SSSR count). The van der Waals surface area contributed by atoms with Gasteiger partial charge in [0.25, 0.3) is 0 Å². The van der Waals surface area contributed by atoms with Crippen LogP contribution in [0.4, 0.5) is 10.2 Å². The summed E-state index contributed by atoms with van der Waals surface area (Å²) < 4.78 is 14.1. The Balaban J connectivity index is 1.75. The molecule has 0 spiro atoms. The quantitative estimate of drug-likeness (QED) is 0.770. The second-order valence-corrected chi connectivity index (χ2v) is 5.61. The van der Waals surface area contributed by atoms with Gasteiger partial charge in [0.15, 0.2) is 0 Å². The van der Waals surface area contributed by atoms with Crippen LogP contribution in [0.25, 0.3) is 10.9 Å². The summed E-state index contributed by atoms with van der Waals surface area (Å²) in [4.78, 5) is 8.52. The molecular weight excluding hydrogens is 333 g/mol. The van der Waals surface area contributed by atoms with Crippen LogP contribution >= 0.6 is 15.9 Å². The van der Waals surface area contributed by atoms with E-state index in [0.29, 0.717) is 6.54 Å². The number of fused-ring (bicyclic) bond motifs is 1. The van der Waals surface area contributed by atoms with E-state index in [1.807, 2.05) is 24.3 Å². The lowest BCUT2D eigenvalue weighted by Gasteiger charge is -2.08. The normalized spacial score (nSPS) is 10.8. The van der Waals surface area contributed by atoms with Crippen molar-refractivity contribution in [1.82, 2.24) is 9.97 Å². The molecule has 0 saturated heterocycles. The molecule has 0 fully saturated rings. The van der Waals surface area contributed by atoms with Crippen LogP contribution in [0, 0.1) is 5.82 Å². The van der Waals surface area contributed by atoms with Crippen LogP contribution in [0.1, 0.15) is 5.56 Å². The summed E-state index contributed by atoms with van der Waals surface area (Å²) in [7, 11) is 0. The van der Waals surface area contributed by atoms with Gasteiger partial charge < -0.3 is 5.32 Å². The Morgan fingerprint density at radius 1 is 1.10 bits per heavy atom. The van der Waals surface area contributed by atoms with Gasteiger partial charge >= 0.3 is 0 Å². The zero-order valence-electron chi connectivity index (χ0n) is 11.2. The summed E-state index contributed by atoms with van der Waals surface area (Å²) >= 11 is 3.45. The molecule has 1 heterocycles. The average molecular weight is 346 g/mol. The first-order valence-corrected chi connectivity index (χ1v) is 7.40. The summed E-state index contributed by atoms with van der Waals surface area (Å²) in [6.45, 7) is 0.683. The maximum Gasteiger partial charge on any atom is 0.137 e. The van der Waals surface area contributed by atoms with Crippen molar-refractivity contribution in [2.45, 2.75) is 6.42 Å². The van der Waals surface area contributed by atoms with Gasteiger partial charge in [-0.1, -0.05) is 28.1 Å². The predicted molar refractivity (Wildman–Crippen MR) is 85.8 cm³/mol. The van der Waals surface area contributed by atoms with Crippen LogP contribution in [0.2, 0.25) is 0 Å². The van der Waals surface area contributed by atoms with E-state index < -0.39 is 0 Å². The summed E-state index contributed by atoms with van der Waals surface area (Å²) in [6, 6.07) is 12.5. The van der Waals surface area contributed by atoms with E-state index >= 15 is 0 Å². The smallest absolute Gasteiger partial charge is 0.137 e. The fourth-order valence-electron chi connectivity index (χ4n) is 2.19. The molecule has 106 valence electrons. The highest BCUT2D eigenvalue weighted by atomic mass is 79.9. The van der Waals surface area contributed by atoms with E-state index in [0.717, 1.165) is 33.2 Å². The van der Waals surface area contributed by atoms with Crippen molar-refractivity contribution in [3.63, 3.8) is 0 Å². The fourth-order valence-corrected chi connectivity index (χ4v) is 2.55. The molecule has 5 heteroatoms. The number of benzene rings is 2. The molecule has 1 aromatic heterocycles. The lowest BCUT2D eigenvalue weighted by molar-refractivity contribution is 0.625. The molecule has 21 heavy (non-hydrogen) atoms. The van der Waals surface area contributed by atoms with Gasteiger partial charge in [0, 0.05) is 16.4 Å². The first-order valence-electron chi connectivity index (χ1n) is 6.61. The van der Waals surface area contributed by atoms with E-state index in [1.165, 1.54) is 6.07 Å². The zero-order valence-corrected chi connectivity index (χ0v) is 12.8. The van der Waals surface area contributed by atoms with Crippen LogP contribution in [-0.4, -0.2) is 16.5 Å². The zero-order chi connectivity index (χ0) is 14.7. The van der Waals surface area contributed by atoms with E-state index in [9.17, 15) is 4.39 Å². The maximum atomic E-state index is 13.1. The first kappa shape index (κ1) is 13.9. The molecule has 0 bridgehead atoms. The lowest BCUT2D eigenvalue weighted by Crippen LogP contribution is -2.07. The fraction of sp³-hybridized carbons (Fsp3) is 0.125. The Labute approximate surface area is 130 Å². The Morgan fingerprint density at radius 3 is 2.86 bits per heavy atom. The third-order valence-corrected chi connectivity index (χ3v) is 3.69. The highest BCUT2D eigenvalue weighted by Crippen LogP contribution is 2.23. The number of halogens is 2. The van der Waals surface area contributed by atoms with Crippen molar-refractivity contribution in [3.8, 4) is 0 Å². The van der Waals surface area contributed by atoms with Crippen molar-refractivity contribution >= 4 is 32.7 Å². The minimum Gasteiger partial charge on any atom is -0.369 e. The van der Waals surface area contributed by atoms with Crippen molar-refractivity contribution in [1.29, 1.82) is 0 Å².